The van der Waals surface area contributed by atoms with Crippen molar-refractivity contribution in [2.75, 3.05) is 6.61 Å². The summed E-state index contributed by atoms with van der Waals surface area (Å²) in [6, 6.07) is 0. The molecule has 4 rings (SSSR count). The first-order chi connectivity index (χ1) is 12.9. The van der Waals surface area contributed by atoms with Crippen LogP contribution in [0, 0.1) is 29.1 Å². The molecule has 28 heavy (non-hydrogen) atoms. The first-order valence-corrected chi connectivity index (χ1v) is 10.0. The standard InChI is InChI=1S/C22H30O6/c1-11-6-16-20(26,18(11)25)9-14(10-23)7-15-17-19(4,5)21(17,28-13(3)24)8-12(2)22(15,16)27/h6-7,12,15-17,23,26-27H,8-10H2,1-5H3/t12-,15+,16-,17?,20-,21?,22-/m1/s1. The van der Waals surface area contributed by atoms with E-state index >= 15 is 0 Å². The molecule has 0 radical (unpaired) electrons. The molecule has 0 spiro atoms. The number of aliphatic hydroxyl groups excluding tert-OH is 1. The van der Waals surface area contributed by atoms with Crippen LogP contribution >= 0.6 is 0 Å². The maximum absolute atomic E-state index is 12.8. The Balaban J connectivity index is 1.90. The number of ether oxygens (including phenoxy) is 1. The normalized spacial score (nSPS) is 48.5. The van der Waals surface area contributed by atoms with E-state index in [1.807, 2.05) is 26.8 Å². The number of ketones is 1. The largest absolute Gasteiger partial charge is 0.458 e. The summed E-state index contributed by atoms with van der Waals surface area (Å²) in [4.78, 5) is 24.7. The molecule has 0 heterocycles. The molecule has 6 nitrogen and oxygen atoms in total. The second-order valence-electron chi connectivity index (χ2n) is 9.94. The SMILES string of the molecule is CC(=O)OC12C[C@@H](C)[C@@]3(O)[C@@H](C=C(CO)C[C@]4(O)C(=O)C(C)=C[C@@H]34)C1C2(C)C. The van der Waals surface area contributed by atoms with Gasteiger partial charge in [0.1, 0.15) is 11.2 Å². The summed E-state index contributed by atoms with van der Waals surface area (Å²) < 4.78 is 5.83. The topological polar surface area (TPSA) is 104 Å². The molecule has 4 aliphatic rings. The molecular formula is C22H30O6. The van der Waals surface area contributed by atoms with Crippen molar-refractivity contribution in [2.45, 2.75) is 64.3 Å². The molecule has 2 unspecified atom stereocenters. The number of hydrogen-bond donors (Lipinski definition) is 3. The van der Waals surface area contributed by atoms with Gasteiger partial charge in [-0.1, -0.05) is 32.9 Å². The van der Waals surface area contributed by atoms with Gasteiger partial charge in [-0.15, -0.1) is 0 Å². The van der Waals surface area contributed by atoms with Crippen LogP contribution < -0.4 is 0 Å². The lowest BCUT2D eigenvalue weighted by molar-refractivity contribution is -0.186. The fourth-order valence-electron chi connectivity index (χ4n) is 6.85. The first-order valence-electron chi connectivity index (χ1n) is 10.0. The van der Waals surface area contributed by atoms with Gasteiger partial charge in [0, 0.05) is 36.5 Å². The molecule has 7 atom stereocenters. The number of Topliss-reactive ketones (excluding diaryl/α,β-unsaturated/α-hetero) is 1. The fraction of sp³-hybridized carbons (Fsp3) is 0.727. The summed E-state index contributed by atoms with van der Waals surface area (Å²) in [7, 11) is 0. The Morgan fingerprint density at radius 1 is 1.29 bits per heavy atom. The van der Waals surface area contributed by atoms with Crippen molar-refractivity contribution in [3.8, 4) is 0 Å². The number of fused-ring (bicyclic) bond motifs is 5. The van der Waals surface area contributed by atoms with E-state index in [1.165, 1.54) is 6.92 Å². The Labute approximate surface area is 165 Å². The van der Waals surface area contributed by atoms with Gasteiger partial charge in [0.05, 0.1) is 12.2 Å². The number of carbonyl (C=O) groups is 2. The van der Waals surface area contributed by atoms with Crippen LogP contribution in [0.1, 0.15) is 47.5 Å². The summed E-state index contributed by atoms with van der Waals surface area (Å²) >= 11 is 0. The van der Waals surface area contributed by atoms with E-state index in [4.69, 9.17) is 4.74 Å². The molecule has 0 saturated heterocycles. The van der Waals surface area contributed by atoms with E-state index in [0.717, 1.165) is 0 Å². The predicted octanol–water partition coefficient (Wildman–Crippen LogP) is 1.53. The van der Waals surface area contributed by atoms with Gasteiger partial charge in [-0.2, -0.15) is 0 Å². The first kappa shape index (κ1) is 19.8. The molecule has 0 bridgehead atoms. The zero-order chi connectivity index (χ0) is 20.9. The molecule has 0 aromatic heterocycles. The summed E-state index contributed by atoms with van der Waals surface area (Å²) in [6.45, 7) is 8.72. The lowest BCUT2D eigenvalue weighted by Crippen LogP contribution is -2.61. The van der Waals surface area contributed by atoms with E-state index in [-0.39, 0.29) is 42.0 Å². The van der Waals surface area contributed by atoms with Gasteiger partial charge in [0.2, 0.25) is 0 Å². The molecule has 0 aromatic rings. The average molecular weight is 390 g/mol. The quantitative estimate of drug-likeness (QED) is 0.488. The highest BCUT2D eigenvalue weighted by Gasteiger charge is 2.83. The molecule has 6 heteroatoms. The lowest BCUT2D eigenvalue weighted by Gasteiger charge is -2.50. The monoisotopic (exact) mass is 390 g/mol. The Morgan fingerprint density at radius 3 is 2.50 bits per heavy atom. The highest BCUT2D eigenvalue weighted by Crippen LogP contribution is 2.76. The van der Waals surface area contributed by atoms with Crippen molar-refractivity contribution < 1.29 is 29.6 Å². The summed E-state index contributed by atoms with van der Waals surface area (Å²) in [6.07, 6.45) is 4.00. The second kappa shape index (κ2) is 5.55. The van der Waals surface area contributed by atoms with Crippen molar-refractivity contribution in [1.82, 2.24) is 0 Å². The second-order valence-corrected chi connectivity index (χ2v) is 9.94. The molecular weight excluding hydrogens is 360 g/mol. The molecule has 4 aliphatic carbocycles. The van der Waals surface area contributed by atoms with Gasteiger partial charge in [0.25, 0.3) is 0 Å². The van der Waals surface area contributed by atoms with Crippen LogP contribution in [0.2, 0.25) is 0 Å². The summed E-state index contributed by atoms with van der Waals surface area (Å²) in [5, 5.41) is 33.4. The van der Waals surface area contributed by atoms with E-state index in [0.29, 0.717) is 17.6 Å². The van der Waals surface area contributed by atoms with Crippen LogP contribution in [-0.2, 0) is 14.3 Å². The van der Waals surface area contributed by atoms with Crippen molar-refractivity contribution >= 4 is 11.8 Å². The third kappa shape index (κ3) is 2.09. The van der Waals surface area contributed by atoms with Gasteiger partial charge in [-0.3, -0.25) is 9.59 Å². The van der Waals surface area contributed by atoms with Crippen LogP contribution in [0.25, 0.3) is 0 Å². The zero-order valence-corrected chi connectivity index (χ0v) is 17.2. The minimum absolute atomic E-state index is 0.0000834. The Morgan fingerprint density at radius 2 is 1.93 bits per heavy atom. The number of aliphatic hydroxyl groups is 3. The van der Waals surface area contributed by atoms with Crippen LogP contribution in [0.15, 0.2) is 23.3 Å². The third-order valence-electron chi connectivity index (χ3n) is 8.20. The number of hydrogen-bond acceptors (Lipinski definition) is 6. The number of esters is 1. The van der Waals surface area contributed by atoms with Gasteiger partial charge in [-0.05, 0) is 30.4 Å². The van der Waals surface area contributed by atoms with E-state index in [1.54, 1.807) is 13.0 Å². The minimum atomic E-state index is -1.75. The molecule has 0 aliphatic heterocycles. The predicted molar refractivity (Wildman–Crippen MR) is 101 cm³/mol. The highest BCUT2D eigenvalue weighted by molar-refractivity contribution is 6.04. The van der Waals surface area contributed by atoms with Gasteiger partial charge in [-0.25, -0.2) is 0 Å². The van der Waals surface area contributed by atoms with E-state index in [2.05, 4.69) is 0 Å². The van der Waals surface area contributed by atoms with E-state index < -0.39 is 28.6 Å². The van der Waals surface area contributed by atoms with Gasteiger partial charge < -0.3 is 20.1 Å². The van der Waals surface area contributed by atoms with Crippen LogP contribution in [-0.4, -0.2) is 50.5 Å². The van der Waals surface area contributed by atoms with Gasteiger partial charge in [0.15, 0.2) is 5.78 Å². The van der Waals surface area contributed by atoms with Crippen molar-refractivity contribution in [3.63, 3.8) is 0 Å². The van der Waals surface area contributed by atoms with Crippen LogP contribution in [0.3, 0.4) is 0 Å². The molecule has 2 saturated carbocycles. The maximum atomic E-state index is 12.8. The number of carbonyl (C=O) groups excluding carboxylic acids is 2. The molecule has 0 aromatic carbocycles. The van der Waals surface area contributed by atoms with E-state index in [9.17, 15) is 24.9 Å². The smallest absolute Gasteiger partial charge is 0.303 e. The van der Waals surface area contributed by atoms with Crippen LogP contribution in [0.5, 0.6) is 0 Å². The molecule has 2 fully saturated rings. The molecule has 154 valence electrons. The summed E-state index contributed by atoms with van der Waals surface area (Å²) in [5.41, 5.74) is -3.19. The zero-order valence-electron chi connectivity index (χ0n) is 17.2. The molecule has 3 N–H and O–H groups in total. The Kier molecular flexibility index (Phi) is 3.93. The number of rotatable bonds is 2. The Bertz CT molecular complexity index is 825. The Hall–Kier alpha value is -1.50. The van der Waals surface area contributed by atoms with Gasteiger partial charge >= 0.3 is 5.97 Å². The van der Waals surface area contributed by atoms with Crippen molar-refractivity contribution in [1.29, 1.82) is 0 Å². The van der Waals surface area contributed by atoms with Crippen LogP contribution in [0.4, 0.5) is 0 Å². The third-order valence-corrected chi connectivity index (χ3v) is 8.20. The fourth-order valence-corrected chi connectivity index (χ4v) is 6.85. The summed E-state index contributed by atoms with van der Waals surface area (Å²) in [5.74, 6) is -2.42. The lowest BCUT2D eigenvalue weighted by atomic mass is 9.60. The molecule has 0 amide bonds. The van der Waals surface area contributed by atoms with Crippen molar-refractivity contribution in [3.05, 3.63) is 23.3 Å². The maximum Gasteiger partial charge on any atom is 0.303 e. The minimum Gasteiger partial charge on any atom is -0.458 e. The van der Waals surface area contributed by atoms with Crippen molar-refractivity contribution in [2.24, 2.45) is 29.1 Å². The average Bonchev–Trinajstić information content (AvgIpc) is 2.99. The highest BCUT2D eigenvalue weighted by atomic mass is 16.6.